The number of carbonyl (C=O) groups is 2. The Morgan fingerprint density at radius 1 is 0.929 bits per heavy atom. The lowest BCUT2D eigenvalue weighted by atomic mass is 10.1. The first kappa shape index (κ1) is 21.6. The van der Waals surface area contributed by atoms with E-state index in [4.69, 9.17) is 14.2 Å². The van der Waals surface area contributed by atoms with Gasteiger partial charge in [-0.3, -0.25) is 20.4 Å². The molecule has 2 N–H and O–H groups in total. The summed E-state index contributed by atoms with van der Waals surface area (Å²) in [7, 11) is 1.54. The molecule has 8 heteroatoms. The number of carbonyl (C=O) groups excluding carboxylic acids is 2. The van der Waals surface area contributed by atoms with Crippen LogP contribution in [0.5, 0.6) is 17.2 Å². The number of hydrogen-bond acceptors (Lipinski definition) is 5. The molecule has 2 aromatic rings. The average molecular weight is 451 g/mol. The molecular weight excluding hydrogens is 428 g/mol. The second-order valence-electron chi connectivity index (χ2n) is 5.68. The Morgan fingerprint density at radius 2 is 1.61 bits per heavy atom. The van der Waals surface area contributed by atoms with E-state index in [1.807, 2.05) is 13.8 Å². The topological polar surface area (TPSA) is 85.9 Å². The second kappa shape index (κ2) is 10.6. The molecule has 0 atom stereocenters. The summed E-state index contributed by atoms with van der Waals surface area (Å²) < 4.78 is 16.8. The van der Waals surface area contributed by atoms with Crippen molar-refractivity contribution in [2.24, 2.45) is 0 Å². The summed E-state index contributed by atoms with van der Waals surface area (Å²) >= 11 is 3.32. The third-order valence-electron chi connectivity index (χ3n) is 3.70. The van der Waals surface area contributed by atoms with Gasteiger partial charge >= 0.3 is 0 Å². The number of methoxy groups -OCH3 is 1. The van der Waals surface area contributed by atoms with Crippen LogP contribution < -0.4 is 25.1 Å². The molecule has 0 aliphatic carbocycles. The molecule has 2 amide bonds. The van der Waals surface area contributed by atoms with E-state index in [-0.39, 0.29) is 12.3 Å². The van der Waals surface area contributed by atoms with Gasteiger partial charge in [-0.25, -0.2) is 0 Å². The van der Waals surface area contributed by atoms with Crippen molar-refractivity contribution in [3.05, 3.63) is 52.0 Å². The van der Waals surface area contributed by atoms with Crippen LogP contribution in [-0.2, 0) is 11.2 Å². The van der Waals surface area contributed by atoms with Gasteiger partial charge in [0, 0.05) is 5.56 Å². The molecule has 0 aliphatic rings. The average Bonchev–Trinajstić information content (AvgIpc) is 2.68. The summed E-state index contributed by atoms with van der Waals surface area (Å²) in [5, 5.41) is 0. The van der Waals surface area contributed by atoms with Gasteiger partial charge in [0.15, 0.2) is 11.5 Å². The fourth-order valence-corrected chi connectivity index (χ4v) is 2.98. The first-order valence-electron chi connectivity index (χ1n) is 8.79. The fourth-order valence-electron chi connectivity index (χ4n) is 2.44. The van der Waals surface area contributed by atoms with Crippen LogP contribution >= 0.6 is 15.9 Å². The Balaban J connectivity index is 1.95. The van der Waals surface area contributed by atoms with Crippen molar-refractivity contribution in [1.82, 2.24) is 10.9 Å². The Labute approximate surface area is 172 Å². The van der Waals surface area contributed by atoms with E-state index in [1.165, 1.54) is 7.11 Å². The van der Waals surface area contributed by atoms with Crippen LogP contribution in [0.25, 0.3) is 0 Å². The number of halogens is 1. The largest absolute Gasteiger partial charge is 0.496 e. The Morgan fingerprint density at radius 3 is 2.25 bits per heavy atom. The molecule has 150 valence electrons. The zero-order valence-corrected chi connectivity index (χ0v) is 17.6. The van der Waals surface area contributed by atoms with Crippen molar-refractivity contribution < 1.29 is 23.8 Å². The Bertz CT molecular complexity index is 841. The molecule has 0 fully saturated rings. The van der Waals surface area contributed by atoms with Crippen molar-refractivity contribution in [2.45, 2.75) is 20.3 Å². The molecule has 2 rings (SSSR count). The second-order valence-corrected chi connectivity index (χ2v) is 6.53. The van der Waals surface area contributed by atoms with Crippen LogP contribution in [0.3, 0.4) is 0 Å². The Hall–Kier alpha value is -2.74. The molecule has 0 aliphatic heterocycles. The monoisotopic (exact) mass is 450 g/mol. The van der Waals surface area contributed by atoms with Gasteiger partial charge in [-0.05, 0) is 65.7 Å². The first-order valence-corrected chi connectivity index (χ1v) is 9.59. The molecule has 28 heavy (non-hydrogen) atoms. The van der Waals surface area contributed by atoms with Gasteiger partial charge in [-0.15, -0.1) is 0 Å². The van der Waals surface area contributed by atoms with Crippen molar-refractivity contribution >= 4 is 27.7 Å². The maximum Gasteiger partial charge on any atom is 0.269 e. The first-order chi connectivity index (χ1) is 13.5. The van der Waals surface area contributed by atoms with Crippen LogP contribution in [-0.4, -0.2) is 32.1 Å². The number of hydrogen-bond donors (Lipinski definition) is 2. The number of rotatable bonds is 8. The summed E-state index contributed by atoms with van der Waals surface area (Å²) in [5.74, 6) is 1.04. The summed E-state index contributed by atoms with van der Waals surface area (Å²) in [5.41, 5.74) is 5.93. The van der Waals surface area contributed by atoms with E-state index < -0.39 is 5.91 Å². The van der Waals surface area contributed by atoms with Gasteiger partial charge in [0.05, 0.1) is 31.2 Å². The lowest BCUT2D eigenvalue weighted by Crippen LogP contribution is -2.42. The summed E-state index contributed by atoms with van der Waals surface area (Å²) in [4.78, 5) is 24.4. The highest BCUT2D eigenvalue weighted by Crippen LogP contribution is 2.28. The van der Waals surface area contributed by atoms with E-state index >= 15 is 0 Å². The molecule has 0 heterocycles. The van der Waals surface area contributed by atoms with Crippen molar-refractivity contribution in [3.8, 4) is 17.2 Å². The van der Waals surface area contributed by atoms with E-state index in [9.17, 15) is 9.59 Å². The number of amides is 2. The minimum absolute atomic E-state index is 0.0824. The van der Waals surface area contributed by atoms with Gasteiger partial charge in [0.25, 0.3) is 5.91 Å². The summed E-state index contributed by atoms with van der Waals surface area (Å²) in [6.07, 6.45) is 0.0824. The van der Waals surface area contributed by atoms with Crippen LogP contribution in [0.4, 0.5) is 0 Å². The number of ether oxygens (including phenoxy) is 3. The van der Waals surface area contributed by atoms with Crippen LogP contribution in [0, 0.1) is 0 Å². The predicted molar refractivity (Wildman–Crippen MR) is 109 cm³/mol. The number of nitrogens with one attached hydrogen (secondary N) is 2. The Kier molecular flexibility index (Phi) is 8.13. The smallest absolute Gasteiger partial charge is 0.269 e. The van der Waals surface area contributed by atoms with Crippen molar-refractivity contribution in [2.75, 3.05) is 20.3 Å². The van der Waals surface area contributed by atoms with E-state index in [0.717, 1.165) is 5.56 Å². The molecule has 0 radical (unpaired) electrons. The zero-order valence-electron chi connectivity index (χ0n) is 16.0. The van der Waals surface area contributed by atoms with E-state index in [0.29, 0.717) is 40.5 Å². The van der Waals surface area contributed by atoms with Gasteiger partial charge in [-0.1, -0.05) is 6.07 Å². The molecular formula is C20H23BrN2O5. The lowest BCUT2D eigenvalue weighted by Gasteiger charge is -2.13. The molecule has 0 saturated carbocycles. The third-order valence-corrected chi connectivity index (χ3v) is 4.32. The summed E-state index contributed by atoms with van der Waals surface area (Å²) in [6, 6.07) is 10.2. The van der Waals surface area contributed by atoms with Crippen LogP contribution in [0.2, 0.25) is 0 Å². The lowest BCUT2D eigenvalue weighted by molar-refractivity contribution is -0.121. The highest BCUT2D eigenvalue weighted by molar-refractivity contribution is 9.10. The highest BCUT2D eigenvalue weighted by Gasteiger charge is 2.12. The van der Waals surface area contributed by atoms with Gasteiger partial charge in [-0.2, -0.15) is 0 Å². The number of benzene rings is 2. The van der Waals surface area contributed by atoms with Crippen molar-refractivity contribution in [3.63, 3.8) is 0 Å². The number of hydrazine groups is 1. The molecule has 2 aromatic carbocycles. The minimum atomic E-state index is -0.432. The highest BCUT2D eigenvalue weighted by atomic mass is 79.9. The van der Waals surface area contributed by atoms with Gasteiger partial charge < -0.3 is 14.2 Å². The molecule has 0 aromatic heterocycles. The fraction of sp³-hybridized carbons (Fsp3) is 0.300. The normalized spacial score (nSPS) is 10.1. The zero-order chi connectivity index (χ0) is 20.5. The molecule has 0 spiro atoms. The van der Waals surface area contributed by atoms with Gasteiger partial charge in [0.1, 0.15) is 5.75 Å². The predicted octanol–water partition coefficient (Wildman–Crippen LogP) is 3.26. The standard InChI is InChI=1S/C20H23BrN2O5/c1-4-27-17-8-6-13(10-18(17)28-5-2)11-19(24)22-23-20(25)14-7-9-16(26-3)15(21)12-14/h6-10,12H,4-5,11H2,1-3H3,(H,22,24)(H,23,25). The molecule has 0 bridgehead atoms. The van der Waals surface area contributed by atoms with E-state index in [1.54, 1.807) is 36.4 Å². The molecule has 0 saturated heterocycles. The van der Waals surface area contributed by atoms with Gasteiger partial charge in [0.2, 0.25) is 5.91 Å². The molecule has 7 nitrogen and oxygen atoms in total. The van der Waals surface area contributed by atoms with E-state index in [2.05, 4.69) is 26.8 Å². The van der Waals surface area contributed by atoms with Crippen molar-refractivity contribution in [1.29, 1.82) is 0 Å². The summed E-state index contributed by atoms with van der Waals surface area (Å²) in [6.45, 7) is 4.78. The third kappa shape index (κ3) is 5.88. The van der Waals surface area contributed by atoms with Crippen LogP contribution in [0.1, 0.15) is 29.8 Å². The SMILES string of the molecule is CCOc1ccc(CC(=O)NNC(=O)c2ccc(OC)c(Br)c2)cc1OCC. The maximum atomic E-state index is 12.2. The quantitative estimate of drug-likeness (QED) is 0.602. The molecule has 0 unspecified atom stereocenters. The van der Waals surface area contributed by atoms with Crippen LogP contribution in [0.15, 0.2) is 40.9 Å². The maximum absolute atomic E-state index is 12.2. The minimum Gasteiger partial charge on any atom is -0.496 e.